The summed E-state index contributed by atoms with van der Waals surface area (Å²) < 4.78 is 9.99. The van der Waals surface area contributed by atoms with Gasteiger partial charge in [-0.25, -0.2) is 4.79 Å². The number of carbonyl (C=O) groups excluding carboxylic acids is 3. The number of hydrogen-bond donors (Lipinski definition) is 0. The van der Waals surface area contributed by atoms with Crippen molar-refractivity contribution in [2.24, 2.45) is 5.92 Å². The molecule has 2 amide bonds. The Hall–Kier alpha value is -3.66. The van der Waals surface area contributed by atoms with Gasteiger partial charge in [0.1, 0.15) is 5.75 Å². The summed E-state index contributed by atoms with van der Waals surface area (Å²) in [4.78, 5) is 39.5. The fourth-order valence-electron chi connectivity index (χ4n) is 3.48. The minimum atomic E-state index is -1.95. The molecular formula is C21H18N2O5. The van der Waals surface area contributed by atoms with Gasteiger partial charge in [0.05, 0.1) is 31.9 Å². The Labute approximate surface area is 162 Å². The van der Waals surface area contributed by atoms with Gasteiger partial charge in [-0.3, -0.25) is 14.5 Å². The Kier molecular flexibility index (Phi) is 5.14. The zero-order valence-electron chi connectivity index (χ0n) is 15.4. The molecule has 142 valence electrons. The predicted octanol–water partition coefficient (Wildman–Crippen LogP) is 2.21. The Bertz CT molecular complexity index is 949. The fourth-order valence-corrected chi connectivity index (χ4v) is 3.48. The average Bonchev–Trinajstić information content (AvgIpc) is 3.04. The highest BCUT2D eigenvalue weighted by molar-refractivity contribution is 6.22. The van der Waals surface area contributed by atoms with E-state index in [9.17, 15) is 19.6 Å². The highest BCUT2D eigenvalue weighted by Crippen LogP contribution is 2.42. The summed E-state index contributed by atoms with van der Waals surface area (Å²) in [6.07, 6.45) is -0.275. The molecule has 2 aromatic carbocycles. The summed E-state index contributed by atoms with van der Waals surface area (Å²) in [5.74, 6) is -2.65. The zero-order chi connectivity index (χ0) is 20.3. The van der Waals surface area contributed by atoms with Gasteiger partial charge in [0.15, 0.2) is 5.41 Å². The summed E-state index contributed by atoms with van der Waals surface area (Å²) in [6.45, 7) is 0. The van der Waals surface area contributed by atoms with Crippen LogP contribution in [-0.4, -0.2) is 32.0 Å². The van der Waals surface area contributed by atoms with Crippen LogP contribution in [0.25, 0.3) is 0 Å². The van der Waals surface area contributed by atoms with Crippen LogP contribution in [0.2, 0.25) is 0 Å². The van der Waals surface area contributed by atoms with Crippen LogP contribution in [-0.2, 0) is 24.5 Å². The summed E-state index contributed by atoms with van der Waals surface area (Å²) in [5, 5.41) is 10.0. The molecule has 28 heavy (non-hydrogen) atoms. The summed E-state index contributed by atoms with van der Waals surface area (Å²) >= 11 is 0. The van der Waals surface area contributed by atoms with E-state index in [1.54, 1.807) is 42.5 Å². The van der Waals surface area contributed by atoms with E-state index in [1.165, 1.54) is 19.2 Å². The molecule has 7 heteroatoms. The van der Waals surface area contributed by atoms with Crippen molar-refractivity contribution in [3.8, 4) is 11.8 Å². The van der Waals surface area contributed by atoms with Gasteiger partial charge in [0.25, 0.3) is 0 Å². The predicted molar refractivity (Wildman–Crippen MR) is 99.3 cm³/mol. The number of anilines is 1. The number of benzene rings is 2. The summed E-state index contributed by atoms with van der Waals surface area (Å²) in [5.41, 5.74) is -1.28. The third kappa shape index (κ3) is 2.89. The number of imide groups is 1. The molecule has 0 bridgehead atoms. The normalized spacial score (nSPS) is 18.3. The monoisotopic (exact) mass is 378 g/mol. The number of esters is 1. The third-order valence-electron chi connectivity index (χ3n) is 4.91. The highest BCUT2D eigenvalue weighted by atomic mass is 16.5. The number of nitriles is 1. The lowest BCUT2D eigenvalue weighted by molar-refractivity contribution is -0.149. The lowest BCUT2D eigenvalue weighted by Crippen LogP contribution is -2.46. The molecule has 1 aliphatic heterocycles. The molecule has 0 radical (unpaired) electrons. The van der Waals surface area contributed by atoms with Gasteiger partial charge < -0.3 is 9.47 Å². The zero-order valence-corrected chi connectivity index (χ0v) is 15.4. The van der Waals surface area contributed by atoms with Crippen LogP contribution in [0.3, 0.4) is 0 Å². The number of methoxy groups -OCH3 is 2. The maximum absolute atomic E-state index is 13.2. The first-order chi connectivity index (χ1) is 13.5. The second-order valence-corrected chi connectivity index (χ2v) is 6.30. The number of ether oxygens (including phenoxy) is 2. The molecule has 2 aromatic rings. The Morgan fingerprint density at radius 1 is 1.11 bits per heavy atom. The third-order valence-corrected chi connectivity index (χ3v) is 4.91. The van der Waals surface area contributed by atoms with Crippen LogP contribution in [0.1, 0.15) is 12.0 Å². The molecule has 1 fully saturated rings. The smallest absolute Gasteiger partial charge is 0.331 e. The Morgan fingerprint density at radius 3 is 2.29 bits per heavy atom. The number of hydrogen-bond acceptors (Lipinski definition) is 6. The van der Waals surface area contributed by atoms with Crippen LogP contribution < -0.4 is 9.64 Å². The number of carbonyl (C=O) groups is 3. The number of amides is 2. The minimum absolute atomic E-state index is 0.267. The maximum atomic E-state index is 13.2. The second kappa shape index (κ2) is 7.53. The van der Waals surface area contributed by atoms with Crippen molar-refractivity contribution in [2.75, 3.05) is 19.1 Å². The quantitative estimate of drug-likeness (QED) is 0.585. The first-order valence-corrected chi connectivity index (χ1v) is 8.55. The van der Waals surface area contributed by atoms with Gasteiger partial charge in [-0.2, -0.15) is 5.26 Å². The first kappa shape index (κ1) is 19.1. The van der Waals surface area contributed by atoms with Crippen molar-refractivity contribution in [3.63, 3.8) is 0 Å². The molecule has 0 N–H and O–H groups in total. The van der Waals surface area contributed by atoms with E-state index in [-0.39, 0.29) is 12.0 Å². The van der Waals surface area contributed by atoms with Crippen LogP contribution in [0.15, 0.2) is 54.6 Å². The topological polar surface area (TPSA) is 96.7 Å². The standard InChI is InChI=1S/C21H18N2O5/c1-27-16-10-8-14(9-11-16)21(13-22,20(26)28-2)17-12-18(24)23(19(17)25)15-6-4-3-5-7-15/h3-11,17H,12H2,1-2H3/t17-,21-/m1/s1. The van der Waals surface area contributed by atoms with E-state index in [2.05, 4.69) is 0 Å². The van der Waals surface area contributed by atoms with Crippen LogP contribution in [0, 0.1) is 17.2 Å². The van der Waals surface area contributed by atoms with E-state index >= 15 is 0 Å². The Balaban J connectivity index is 2.11. The van der Waals surface area contributed by atoms with E-state index < -0.39 is 29.1 Å². The van der Waals surface area contributed by atoms with Crippen LogP contribution in [0.4, 0.5) is 5.69 Å². The molecule has 0 spiro atoms. The highest BCUT2D eigenvalue weighted by Gasteiger charge is 2.58. The molecule has 3 rings (SSSR count). The van der Waals surface area contributed by atoms with Gasteiger partial charge in [0.2, 0.25) is 11.8 Å². The molecule has 0 aromatic heterocycles. The Morgan fingerprint density at radius 2 is 1.75 bits per heavy atom. The van der Waals surface area contributed by atoms with E-state index in [0.29, 0.717) is 11.4 Å². The van der Waals surface area contributed by atoms with Crippen molar-refractivity contribution in [1.82, 2.24) is 0 Å². The minimum Gasteiger partial charge on any atom is -0.497 e. The van der Waals surface area contributed by atoms with Gasteiger partial charge in [-0.05, 0) is 29.8 Å². The second-order valence-electron chi connectivity index (χ2n) is 6.30. The summed E-state index contributed by atoms with van der Waals surface area (Å²) in [6, 6.07) is 16.6. The first-order valence-electron chi connectivity index (χ1n) is 8.55. The maximum Gasteiger partial charge on any atom is 0.331 e. The molecule has 7 nitrogen and oxygen atoms in total. The molecule has 2 atom stereocenters. The number of para-hydroxylation sites is 1. The van der Waals surface area contributed by atoms with E-state index in [4.69, 9.17) is 9.47 Å². The molecule has 0 aliphatic carbocycles. The van der Waals surface area contributed by atoms with Gasteiger partial charge in [0, 0.05) is 6.42 Å². The van der Waals surface area contributed by atoms with E-state index in [1.807, 2.05) is 6.07 Å². The SMILES string of the molecule is COC(=O)[C@](C#N)(c1ccc(OC)cc1)[C@@H]1CC(=O)N(c2ccccc2)C1=O. The van der Waals surface area contributed by atoms with E-state index in [0.717, 1.165) is 12.0 Å². The number of nitrogens with zero attached hydrogens (tertiary/aromatic N) is 2. The van der Waals surface area contributed by atoms with Crippen molar-refractivity contribution in [2.45, 2.75) is 11.8 Å². The van der Waals surface area contributed by atoms with Crippen LogP contribution in [0.5, 0.6) is 5.75 Å². The number of rotatable bonds is 5. The van der Waals surface area contributed by atoms with Gasteiger partial charge in [-0.15, -0.1) is 0 Å². The molecule has 0 saturated carbocycles. The lowest BCUT2D eigenvalue weighted by Gasteiger charge is -2.29. The van der Waals surface area contributed by atoms with Crippen molar-refractivity contribution >= 4 is 23.5 Å². The molecule has 1 heterocycles. The average molecular weight is 378 g/mol. The molecule has 1 saturated heterocycles. The lowest BCUT2D eigenvalue weighted by atomic mass is 9.70. The fraction of sp³-hybridized carbons (Fsp3) is 0.238. The van der Waals surface area contributed by atoms with Gasteiger partial charge >= 0.3 is 5.97 Å². The molecular weight excluding hydrogens is 360 g/mol. The van der Waals surface area contributed by atoms with Crippen molar-refractivity contribution in [1.29, 1.82) is 5.26 Å². The largest absolute Gasteiger partial charge is 0.497 e. The van der Waals surface area contributed by atoms with Crippen molar-refractivity contribution in [3.05, 3.63) is 60.2 Å². The van der Waals surface area contributed by atoms with Crippen LogP contribution >= 0.6 is 0 Å². The molecule has 0 unspecified atom stereocenters. The summed E-state index contributed by atoms with van der Waals surface area (Å²) in [7, 11) is 2.64. The molecule has 1 aliphatic rings. The van der Waals surface area contributed by atoms with Crippen molar-refractivity contribution < 1.29 is 23.9 Å². The van der Waals surface area contributed by atoms with Gasteiger partial charge in [-0.1, -0.05) is 30.3 Å².